The van der Waals surface area contributed by atoms with Crippen molar-refractivity contribution in [2.75, 3.05) is 0 Å². The average Bonchev–Trinajstić information content (AvgIpc) is 3.77. The van der Waals surface area contributed by atoms with Crippen LogP contribution in [0.5, 0.6) is 0 Å². The van der Waals surface area contributed by atoms with Crippen LogP contribution in [0.2, 0.25) is 0 Å². The van der Waals surface area contributed by atoms with Gasteiger partial charge >= 0.3 is 0 Å². The summed E-state index contributed by atoms with van der Waals surface area (Å²) in [6, 6.07) is 80.6. The highest BCUT2D eigenvalue weighted by Crippen LogP contribution is 2.44. The molecule has 302 valence electrons. The molecule has 0 radical (unpaired) electrons. The van der Waals surface area contributed by atoms with Gasteiger partial charge in [0, 0.05) is 36.9 Å². The van der Waals surface area contributed by atoms with Gasteiger partial charge in [0.15, 0.2) is 17.5 Å². The highest BCUT2D eigenvalue weighted by atomic mass is 32.1. The van der Waals surface area contributed by atoms with Gasteiger partial charge in [0.1, 0.15) is 0 Å². The van der Waals surface area contributed by atoms with Crippen molar-refractivity contribution >= 4 is 74.6 Å². The lowest BCUT2D eigenvalue weighted by Crippen LogP contribution is -2.02. The molecule has 0 atom stereocenters. The molecule has 0 aliphatic carbocycles. The van der Waals surface area contributed by atoms with E-state index in [0.29, 0.717) is 17.5 Å². The molecule has 2 heterocycles. The lowest BCUT2D eigenvalue weighted by Gasteiger charge is -2.17. The predicted molar refractivity (Wildman–Crippen MR) is 275 cm³/mol. The zero-order valence-corrected chi connectivity index (χ0v) is 35.9. The van der Waals surface area contributed by atoms with Gasteiger partial charge in [-0.25, -0.2) is 15.0 Å². The molecular weight excluding hydrogens is 807 g/mol. The summed E-state index contributed by atoms with van der Waals surface area (Å²) in [5.74, 6) is 1.92. The van der Waals surface area contributed by atoms with Crippen LogP contribution in [-0.2, 0) is 0 Å². The molecule has 0 spiro atoms. The van der Waals surface area contributed by atoms with Crippen LogP contribution < -0.4 is 0 Å². The molecule has 0 bridgehead atoms. The maximum atomic E-state index is 5.55. The van der Waals surface area contributed by atoms with E-state index in [-0.39, 0.29) is 0 Å². The third kappa shape index (κ3) is 6.30. The summed E-state index contributed by atoms with van der Waals surface area (Å²) in [6.45, 7) is 0. The topological polar surface area (TPSA) is 38.7 Å². The van der Waals surface area contributed by atoms with E-state index in [4.69, 9.17) is 15.0 Å². The molecule has 0 aliphatic heterocycles. The zero-order valence-electron chi connectivity index (χ0n) is 35.1. The van der Waals surface area contributed by atoms with E-state index < -0.39 is 0 Å². The van der Waals surface area contributed by atoms with Crippen molar-refractivity contribution in [1.82, 2.24) is 15.0 Å². The van der Waals surface area contributed by atoms with Crippen LogP contribution in [0.1, 0.15) is 0 Å². The van der Waals surface area contributed by atoms with Gasteiger partial charge in [0.2, 0.25) is 0 Å². The van der Waals surface area contributed by atoms with Gasteiger partial charge in [0.05, 0.1) is 0 Å². The van der Waals surface area contributed by atoms with Crippen LogP contribution in [0.15, 0.2) is 224 Å². The van der Waals surface area contributed by atoms with E-state index >= 15 is 0 Å². The molecule has 0 unspecified atom stereocenters. The van der Waals surface area contributed by atoms with Gasteiger partial charge in [-0.15, -0.1) is 11.3 Å². The van der Waals surface area contributed by atoms with E-state index in [1.54, 1.807) is 11.3 Å². The molecule has 65 heavy (non-hydrogen) atoms. The SMILES string of the molecule is c1ccc(-c2cc(-c3ccc(-c4nc(-c5c(-c6ccc7ccccc7c6)ccc6ccccc56)nc(-c5cccc6c5sc5ccccc56)n4)c4ccccc34)cc3ccccc23)cc1. The zero-order chi connectivity index (χ0) is 42.8. The Morgan fingerprint density at radius 3 is 1.66 bits per heavy atom. The molecule has 13 rings (SSSR count). The predicted octanol–water partition coefficient (Wildman–Crippen LogP) is 16.9. The Hall–Kier alpha value is -8.31. The van der Waals surface area contributed by atoms with Crippen LogP contribution >= 0.6 is 11.3 Å². The van der Waals surface area contributed by atoms with Crippen molar-refractivity contribution in [1.29, 1.82) is 0 Å². The first kappa shape index (κ1) is 37.3. The summed E-state index contributed by atoms with van der Waals surface area (Å²) < 4.78 is 2.40. The number of hydrogen-bond donors (Lipinski definition) is 0. The molecule has 0 aliphatic rings. The van der Waals surface area contributed by atoms with E-state index in [1.165, 1.54) is 48.1 Å². The van der Waals surface area contributed by atoms with Gasteiger partial charge in [-0.1, -0.05) is 188 Å². The average molecular weight is 844 g/mol. The second-order valence-electron chi connectivity index (χ2n) is 16.7. The number of aromatic nitrogens is 3. The van der Waals surface area contributed by atoms with E-state index in [9.17, 15) is 0 Å². The van der Waals surface area contributed by atoms with Crippen molar-refractivity contribution in [3.63, 3.8) is 0 Å². The Balaban J connectivity index is 1.08. The lowest BCUT2D eigenvalue weighted by atomic mass is 9.90. The molecule has 13 aromatic rings. The minimum Gasteiger partial charge on any atom is -0.208 e. The Kier molecular flexibility index (Phi) is 8.71. The van der Waals surface area contributed by atoms with Crippen molar-refractivity contribution in [2.45, 2.75) is 0 Å². The van der Waals surface area contributed by atoms with Crippen LogP contribution in [0.4, 0.5) is 0 Å². The molecule has 2 aromatic heterocycles. The standard InChI is InChI=1S/C61H37N3S/c1-2-16-39(17-3-1)55-37-44(36-42-20-7-8-21-45(42)55)46-33-34-53(50-24-11-10-23-49(46)50)59-62-60(54-27-14-26-52-51-25-12-13-28-56(51)65-58(52)54)64-61(63-59)57-47-22-9-6-18-40(47)31-32-48(57)43-30-29-38-15-4-5-19-41(38)35-43/h1-37H. The van der Waals surface area contributed by atoms with E-state index in [0.717, 1.165) is 65.2 Å². The van der Waals surface area contributed by atoms with E-state index in [1.807, 2.05) is 0 Å². The highest BCUT2D eigenvalue weighted by Gasteiger charge is 2.22. The summed E-state index contributed by atoms with van der Waals surface area (Å²) >= 11 is 1.79. The van der Waals surface area contributed by atoms with Crippen LogP contribution in [0.3, 0.4) is 0 Å². The van der Waals surface area contributed by atoms with Crippen LogP contribution in [0.25, 0.3) is 131 Å². The fraction of sp³-hybridized carbons (Fsp3) is 0. The van der Waals surface area contributed by atoms with Gasteiger partial charge in [-0.3, -0.25) is 0 Å². The van der Waals surface area contributed by atoms with Gasteiger partial charge in [-0.05, 0) is 113 Å². The summed E-state index contributed by atoms with van der Waals surface area (Å²) in [5.41, 5.74) is 9.84. The number of thiophene rings is 1. The number of hydrogen-bond acceptors (Lipinski definition) is 4. The second kappa shape index (κ2) is 15.2. The Labute approximate surface area is 379 Å². The first-order valence-electron chi connectivity index (χ1n) is 22.0. The largest absolute Gasteiger partial charge is 0.208 e. The summed E-state index contributed by atoms with van der Waals surface area (Å²) in [5, 5.41) is 11.7. The summed E-state index contributed by atoms with van der Waals surface area (Å²) in [4.78, 5) is 16.5. The summed E-state index contributed by atoms with van der Waals surface area (Å²) in [7, 11) is 0. The van der Waals surface area contributed by atoms with Crippen LogP contribution in [0, 0.1) is 0 Å². The fourth-order valence-corrected chi connectivity index (χ4v) is 11.0. The molecule has 3 nitrogen and oxygen atoms in total. The number of rotatable bonds is 6. The molecule has 0 saturated carbocycles. The molecule has 0 fully saturated rings. The third-order valence-corrected chi connectivity index (χ3v) is 14.1. The second-order valence-corrected chi connectivity index (χ2v) is 17.7. The van der Waals surface area contributed by atoms with Gasteiger partial charge in [0.25, 0.3) is 0 Å². The molecular formula is C61H37N3S. The summed E-state index contributed by atoms with van der Waals surface area (Å²) in [6.07, 6.45) is 0. The minimum atomic E-state index is 0.631. The van der Waals surface area contributed by atoms with Crippen molar-refractivity contribution in [2.24, 2.45) is 0 Å². The highest BCUT2D eigenvalue weighted by molar-refractivity contribution is 7.26. The number of nitrogens with zero attached hydrogens (tertiary/aromatic N) is 3. The smallest absolute Gasteiger partial charge is 0.165 e. The number of fused-ring (bicyclic) bond motifs is 7. The quantitative estimate of drug-likeness (QED) is 0.167. The van der Waals surface area contributed by atoms with E-state index in [2.05, 4.69) is 224 Å². The normalized spacial score (nSPS) is 11.7. The lowest BCUT2D eigenvalue weighted by molar-refractivity contribution is 1.08. The molecule has 0 amide bonds. The first-order valence-corrected chi connectivity index (χ1v) is 22.8. The van der Waals surface area contributed by atoms with Crippen molar-refractivity contribution in [3.05, 3.63) is 224 Å². The maximum Gasteiger partial charge on any atom is 0.165 e. The fourth-order valence-electron chi connectivity index (χ4n) is 9.83. The Bertz CT molecular complexity index is 4020. The van der Waals surface area contributed by atoms with Crippen molar-refractivity contribution < 1.29 is 0 Å². The monoisotopic (exact) mass is 843 g/mol. The first-order chi connectivity index (χ1) is 32.2. The Morgan fingerprint density at radius 1 is 0.262 bits per heavy atom. The van der Waals surface area contributed by atoms with Crippen molar-refractivity contribution in [3.8, 4) is 67.5 Å². The molecule has 4 heteroatoms. The maximum absolute atomic E-state index is 5.55. The molecule has 11 aromatic carbocycles. The minimum absolute atomic E-state index is 0.631. The number of benzene rings is 11. The van der Waals surface area contributed by atoms with Gasteiger partial charge in [-0.2, -0.15) is 0 Å². The Morgan fingerprint density at radius 2 is 0.831 bits per heavy atom. The molecule has 0 saturated heterocycles. The molecule has 0 N–H and O–H groups in total. The van der Waals surface area contributed by atoms with Gasteiger partial charge < -0.3 is 0 Å². The third-order valence-electron chi connectivity index (χ3n) is 12.9. The van der Waals surface area contributed by atoms with Crippen LogP contribution in [-0.4, -0.2) is 15.0 Å².